The molecule has 0 spiro atoms. The van der Waals surface area contributed by atoms with Crippen LogP contribution in [0, 0.1) is 5.92 Å². The van der Waals surface area contributed by atoms with Gasteiger partial charge in [0.15, 0.2) is 0 Å². The molecule has 0 aromatic carbocycles. The molecule has 1 aromatic heterocycles. The molecule has 2 aliphatic rings. The SMILES string of the molecule is CCC1CCC(N2CCC(c3cnc(C(C)C)nc3)CC2)CC1. The topological polar surface area (TPSA) is 29.0 Å². The Hall–Kier alpha value is -0.960. The van der Waals surface area contributed by atoms with Crippen LogP contribution in [0.1, 0.15) is 88.9 Å². The number of likely N-dealkylation sites (tertiary alicyclic amines) is 1. The van der Waals surface area contributed by atoms with Crippen molar-refractivity contribution in [3.05, 3.63) is 23.8 Å². The van der Waals surface area contributed by atoms with Crippen molar-refractivity contribution in [3.8, 4) is 0 Å². The van der Waals surface area contributed by atoms with Crippen LogP contribution in [-0.4, -0.2) is 34.0 Å². The number of piperidine rings is 1. The third-order valence-corrected chi connectivity index (χ3v) is 6.12. The van der Waals surface area contributed by atoms with Crippen molar-refractivity contribution in [2.45, 2.75) is 83.6 Å². The molecule has 0 amide bonds. The fourth-order valence-corrected chi connectivity index (χ4v) is 4.37. The van der Waals surface area contributed by atoms with Crippen molar-refractivity contribution >= 4 is 0 Å². The van der Waals surface area contributed by atoms with Crippen LogP contribution in [0.4, 0.5) is 0 Å². The minimum atomic E-state index is 0.421. The summed E-state index contributed by atoms with van der Waals surface area (Å²) >= 11 is 0. The molecular formula is C20H33N3. The molecule has 3 rings (SSSR count). The summed E-state index contributed by atoms with van der Waals surface area (Å²) in [4.78, 5) is 11.9. The fourth-order valence-electron chi connectivity index (χ4n) is 4.37. The standard InChI is InChI=1S/C20H33N3/c1-4-16-5-7-19(8-6-16)23-11-9-17(10-12-23)18-13-21-20(15(2)3)22-14-18/h13-17,19H,4-12H2,1-3H3. The molecule has 0 radical (unpaired) electrons. The first-order valence-corrected chi connectivity index (χ1v) is 9.73. The van der Waals surface area contributed by atoms with Crippen LogP contribution >= 0.6 is 0 Å². The lowest BCUT2D eigenvalue weighted by Gasteiger charge is -2.40. The summed E-state index contributed by atoms with van der Waals surface area (Å²) in [7, 11) is 0. The van der Waals surface area contributed by atoms with E-state index in [9.17, 15) is 0 Å². The summed E-state index contributed by atoms with van der Waals surface area (Å²) in [6.45, 7) is 9.18. The van der Waals surface area contributed by atoms with Crippen LogP contribution in [-0.2, 0) is 0 Å². The van der Waals surface area contributed by atoms with Crippen molar-refractivity contribution in [2.75, 3.05) is 13.1 Å². The van der Waals surface area contributed by atoms with E-state index < -0.39 is 0 Å². The van der Waals surface area contributed by atoms with E-state index in [0.717, 1.165) is 17.8 Å². The molecule has 1 aromatic rings. The molecule has 2 heterocycles. The highest BCUT2D eigenvalue weighted by atomic mass is 15.2. The zero-order valence-corrected chi connectivity index (χ0v) is 15.2. The molecule has 1 saturated heterocycles. The summed E-state index contributed by atoms with van der Waals surface area (Å²) in [5, 5.41) is 0. The smallest absolute Gasteiger partial charge is 0.130 e. The predicted molar refractivity (Wildman–Crippen MR) is 95.7 cm³/mol. The van der Waals surface area contributed by atoms with Gasteiger partial charge in [-0.25, -0.2) is 9.97 Å². The molecule has 0 N–H and O–H groups in total. The van der Waals surface area contributed by atoms with Crippen molar-refractivity contribution in [1.82, 2.24) is 14.9 Å². The first kappa shape index (κ1) is 16.9. The Bertz CT molecular complexity index is 466. The molecule has 2 fully saturated rings. The van der Waals surface area contributed by atoms with Gasteiger partial charge in [-0.2, -0.15) is 0 Å². The van der Waals surface area contributed by atoms with Gasteiger partial charge in [0.25, 0.3) is 0 Å². The first-order valence-electron chi connectivity index (χ1n) is 9.73. The summed E-state index contributed by atoms with van der Waals surface area (Å²) in [6.07, 6.45) is 13.8. The molecule has 128 valence electrons. The maximum Gasteiger partial charge on any atom is 0.130 e. The summed E-state index contributed by atoms with van der Waals surface area (Å²) in [6, 6.07) is 0.860. The Balaban J connectivity index is 1.50. The van der Waals surface area contributed by atoms with Gasteiger partial charge in [-0.15, -0.1) is 0 Å². The summed E-state index contributed by atoms with van der Waals surface area (Å²) in [5.41, 5.74) is 1.35. The molecule has 1 aliphatic heterocycles. The second kappa shape index (κ2) is 7.74. The minimum absolute atomic E-state index is 0.421. The summed E-state index contributed by atoms with van der Waals surface area (Å²) < 4.78 is 0. The van der Waals surface area contributed by atoms with Gasteiger partial charge in [0.05, 0.1) is 0 Å². The average molecular weight is 316 g/mol. The fraction of sp³-hybridized carbons (Fsp3) is 0.800. The second-order valence-electron chi connectivity index (χ2n) is 7.92. The Kier molecular flexibility index (Phi) is 5.68. The van der Waals surface area contributed by atoms with Crippen LogP contribution in [0.3, 0.4) is 0 Å². The largest absolute Gasteiger partial charge is 0.300 e. The van der Waals surface area contributed by atoms with E-state index in [4.69, 9.17) is 0 Å². The van der Waals surface area contributed by atoms with E-state index in [1.54, 1.807) is 0 Å². The number of nitrogens with zero attached hydrogens (tertiary/aromatic N) is 3. The Morgan fingerprint density at radius 3 is 2.13 bits per heavy atom. The van der Waals surface area contributed by atoms with Gasteiger partial charge in [0.1, 0.15) is 5.82 Å². The van der Waals surface area contributed by atoms with E-state index >= 15 is 0 Å². The molecule has 0 bridgehead atoms. The lowest BCUT2D eigenvalue weighted by Crippen LogP contribution is -2.42. The molecule has 23 heavy (non-hydrogen) atoms. The van der Waals surface area contributed by atoms with Crippen molar-refractivity contribution in [2.24, 2.45) is 5.92 Å². The van der Waals surface area contributed by atoms with Crippen molar-refractivity contribution in [3.63, 3.8) is 0 Å². The van der Waals surface area contributed by atoms with E-state index in [1.165, 1.54) is 63.6 Å². The number of aromatic nitrogens is 2. The minimum Gasteiger partial charge on any atom is -0.300 e. The zero-order valence-electron chi connectivity index (χ0n) is 15.2. The monoisotopic (exact) mass is 315 g/mol. The molecule has 3 nitrogen and oxygen atoms in total. The van der Waals surface area contributed by atoms with Gasteiger partial charge in [0, 0.05) is 24.4 Å². The molecule has 3 heteroatoms. The van der Waals surface area contributed by atoms with Gasteiger partial charge in [-0.1, -0.05) is 27.2 Å². The van der Waals surface area contributed by atoms with E-state index in [1.807, 2.05) is 0 Å². The van der Waals surface area contributed by atoms with Gasteiger partial charge in [-0.3, -0.25) is 0 Å². The van der Waals surface area contributed by atoms with Gasteiger partial charge >= 0.3 is 0 Å². The Morgan fingerprint density at radius 2 is 1.61 bits per heavy atom. The summed E-state index contributed by atoms with van der Waals surface area (Å²) in [5.74, 6) is 3.06. The molecule has 1 saturated carbocycles. The van der Waals surface area contributed by atoms with Crippen LogP contribution in [0.5, 0.6) is 0 Å². The maximum absolute atomic E-state index is 4.56. The average Bonchev–Trinajstić information content (AvgIpc) is 2.62. The van der Waals surface area contributed by atoms with E-state index in [-0.39, 0.29) is 0 Å². The Morgan fingerprint density at radius 1 is 1.00 bits per heavy atom. The van der Waals surface area contributed by atoms with E-state index in [2.05, 4.69) is 48.0 Å². The highest BCUT2D eigenvalue weighted by Crippen LogP contribution is 2.34. The normalized spacial score (nSPS) is 27.5. The Labute approximate surface area is 141 Å². The first-order chi connectivity index (χ1) is 11.2. The number of hydrogen-bond acceptors (Lipinski definition) is 3. The van der Waals surface area contributed by atoms with Crippen molar-refractivity contribution < 1.29 is 0 Å². The predicted octanol–water partition coefficient (Wildman–Crippen LogP) is 4.75. The lowest BCUT2D eigenvalue weighted by atomic mass is 9.82. The molecular weight excluding hydrogens is 282 g/mol. The number of hydrogen-bond donors (Lipinski definition) is 0. The maximum atomic E-state index is 4.56. The number of rotatable bonds is 4. The van der Waals surface area contributed by atoms with Crippen molar-refractivity contribution in [1.29, 1.82) is 0 Å². The van der Waals surface area contributed by atoms with Gasteiger partial charge in [-0.05, 0) is 69.0 Å². The molecule has 0 unspecified atom stereocenters. The second-order valence-corrected chi connectivity index (χ2v) is 7.92. The lowest BCUT2D eigenvalue weighted by molar-refractivity contribution is 0.106. The van der Waals surface area contributed by atoms with E-state index in [0.29, 0.717) is 11.8 Å². The van der Waals surface area contributed by atoms with Gasteiger partial charge in [0.2, 0.25) is 0 Å². The van der Waals surface area contributed by atoms with Crippen LogP contribution in [0.15, 0.2) is 12.4 Å². The molecule has 1 aliphatic carbocycles. The van der Waals surface area contributed by atoms with Gasteiger partial charge < -0.3 is 4.90 Å². The van der Waals surface area contributed by atoms with Crippen LogP contribution in [0.25, 0.3) is 0 Å². The quantitative estimate of drug-likeness (QED) is 0.803. The highest BCUT2D eigenvalue weighted by Gasteiger charge is 2.29. The van der Waals surface area contributed by atoms with Crippen LogP contribution < -0.4 is 0 Å². The third kappa shape index (κ3) is 4.12. The third-order valence-electron chi connectivity index (χ3n) is 6.12. The van der Waals surface area contributed by atoms with Crippen LogP contribution in [0.2, 0.25) is 0 Å². The molecule has 0 atom stereocenters. The zero-order chi connectivity index (χ0) is 16.2. The highest BCUT2D eigenvalue weighted by molar-refractivity contribution is 5.14.